The first-order valence-corrected chi connectivity index (χ1v) is 6.87. The monoisotopic (exact) mass is 248 g/mol. The number of hydrogen-bond acceptors (Lipinski definition) is 3. The number of carbonyl (C=O) groups is 1. The summed E-state index contributed by atoms with van der Waals surface area (Å²) in [6.07, 6.45) is 0.731. The lowest BCUT2D eigenvalue weighted by molar-refractivity contribution is -0.121. The van der Waals surface area contributed by atoms with Gasteiger partial charge in [0.05, 0.1) is 17.4 Å². The average Bonchev–Trinajstić information content (AvgIpc) is 2.83. The molecule has 4 nitrogen and oxygen atoms in total. The Kier molecular flexibility index (Phi) is 2.72. The van der Waals surface area contributed by atoms with Gasteiger partial charge in [0.15, 0.2) is 0 Å². The van der Waals surface area contributed by atoms with E-state index >= 15 is 0 Å². The lowest BCUT2D eigenvalue weighted by Gasteiger charge is -2.31. The van der Waals surface area contributed by atoms with Crippen molar-refractivity contribution in [2.24, 2.45) is 0 Å². The van der Waals surface area contributed by atoms with Gasteiger partial charge in [-0.3, -0.25) is 15.4 Å². The number of fused-ring (bicyclic) bond motifs is 1. The molecule has 1 atom stereocenters. The Bertz CT molecular complexity index is 457. The summed E-state index contributed by atoms with van der Waals surface area (Å²) in [4.78, 5) is 14.3. The molecular formula is C12H14N3OS. The van der Waals surface area contributed by atoms with E-state index in [1.54, 1.807) is 6.07 Å². The molecule has 1 aromatic rings. The van der Waals surface area contributed by atoms with Crippen LogP contribution in [0.2, 0.25) is 0 Å². The zero-order valence-corrected chi connectivity index (χ0v) is 10.2. The summed E-state index contributed by atoms with van der Waals surface area (Å²) in [6, 6.07) is 5.54. The maximum absolute atomic E-state index is 12.1. The highest BCUT2D eigenvalue weighted by atomic mass is 32.2. The van der Waals surface area contributed by atoms with Crippen LogP contribution in [0.4, 0.5) is 11.4 Å². The second kappa shape index (κ2) is 4.23. The zero-order valence-electron chi connectivity index (χ0n) is 9.40. The van der Waals surface area contributed by atoms with E-state index in [4.69, 9.17) is 5.73 Å². The zero-order chi connectivity index (χ0) is 11.8. The third-order valence-corrected chi connectivity index (χ3v) is 4.32. The standard InChI is InChI=1S/C12H14N3OS/c13-9-3-1-2-8-6-10(12(16)14-11(8)9)15-4-5-17-7-15/h1-3,10,13H,4-7H2,(H,14,16). The molecule has 17 heavy (non-hydrogen) atoms. The van der Waals surface area contributed by atoms with Crippen molar-refractivity contribution in [1.82, 2.24) is 10.6 Å². The third kappa shape index (κ3) is 1.89. The molecule has 0 spiro atoms. The van der Waals surface area contributed by atoms with Gasteiger partial charge in [0, 0.05) is 18.2 Å². The summed E-state index contributed by atoms with van der Waals surface area (Å²) in [5, 5.41) is 2.88. The molecule has 2 N–H and O–H groups in total. The number of anilines is 1. The van der Waals surface area contributed by atoms with Crippen LogP contribution in [0.25, 0.3) is 0 Å². The number of thioether (sulfide) groups is 1. The number of hydrogen-bond donors (Lipinski definition) is 1. The first-order valence-electron chi connectivity index (χ1n) is 5.72. The molecule has 2 aliphatic heterocycles. The van der Waals surface area contributed by atoms with E-state index in [1.165, 1.54) is 0 Å². The number of rotatable bonds is 1. The Hall–Kier alpha value is -1.20. The minimum Gasteiger partial charge on any atom is -0.323 e. The maximum Gasteiger partial charge on any atom is 0.242 e. The number of para-hydroxylation sites is 1. The fourth-order valence-corrected chi connectivity index (χ4v) is 3.43. The molecule has 0 aliphatic carbocycles. The summed E-state index contributed by atoms with van der Waals surface area (Å²) in [5.74, 6) is 2.09. The van der Waals surface area contributed by atoms with Gasteiger partial charge >= 0.3 is 0 Å². The van der Waals surface area contributed by atoms with Crippen LogP contribution >= 0.6 is 11.8 Å². The van der Waals surface area contributed by atoms with E-state index in [0.717, 1.165) is 30.2 Å². The second-order valence-corrected chi connectivity index (χ2v) is 5.47. The molecule has 1 unspecified atom stereocenters. The molecule has 1 radical (unpaired) electrons. The van der Waals surface area contributed by atoms with Crippen LogP contribution in [-0.2, 0) is 11.2 Å². The molecule has 1 saturated heterocycles. The summed E-state index contributed by atoms with van der Waals surface area (Å²) in [6.45, 7) is 0.985. The highest BCUT2D eigenvalue weighted by Gasteiger charge is 2.33. The minimum atomic E-state index is -0.0562. The van der Waals surface area contributed by atoms with Crippen molar-refractivity contribution in [1.29, 1.82) is 0 Å². The molecule has 2 heterocycles. The molecule has 0 aromatic heterocycles. The number of benzene rings is 1. The van der Waals surface area contributed by atoms with Crippen LogP contribution < -0.4 is 11.1 Å². The number of nitrogens with zero attached hydrogens (tertiary/aromatic N) is 1. The van der Waals surface area contributed by atoms with Gasteiger partial charge < -0.3 is 5.32 Å². The van der Waals surface area contributed by atoms with E-state index in [2.05, 4.69) is 10.2 Å². The second-order valence-electron chi connectivity index (χ2n) is 4.40. The summed E-state index contributed by atoms with van der Waals surface area (Å²) < 4.78 is 0. The van der Waals surface area contributed by atoms with Gasteiger partial charge in [0.2, 0.25) is 5.91 Å². The predicted octanol–water partition coefficient (Wildman–Crippen LogP) is 1.47. The molecule has 1 fully saturated rings. The van der Waals surface area contributed by atoms with Crippen molar-refractivity contribution in [3.63, 3.8) is 0 Å². The Morgan fingerprint density at radius 2 is 2.35 bits per heavy atom. The quantitative estimate of drug-likeness (QED) is 0.819. The van der Waals surface area contributed by atoms with E-state index in [0.29, 0.717) is 11.4 Å². The lowest BCUT2D eigenvalue weighted by Crippen LogP contribution is -2.46. The van der Waals surface area contributed by atoms with Crippen LogP contribution in [0, 0.1) is 0 Å². The number of amides is 1. The molecule has 89 valence electrons. The summed E-state index contributed by atoms with van der Waals surface area (Å²) in [5.41, 5.74) is 9.97. The molecule has 2 aliphatic rings. The highest BCUT2D eigenvalue weighted by Crippen LogP contribution is 2.32. The number of nitrogens with one attached hydrogen (secondary N) is 2. The van der Waals surface area contributed by atoms with Crippen molar-refractivity contribution < 1.29 is 4.79 Å². The molecular weight excluding hydrogens is 234 g/mol. The van der Waals surface area contributed by atoms with E-state index < -0.39 is 0 Å². The third-order valence-electron chi connectivity index (χ3n) is 3.34. The van der Waals surface area contributed by atoms with Crippen molar-refractivity contribution >= 4 is 29.0 Å². The van der Waals surface area contributed by atoms with Crippen molar-refractivity contribution in [3.8, 4) is 0 Å². The summed E-state index contributed by atoms with van der Waals surface area (Å²) >= 11 is 1.87. The van der Waals surface area contributed by atoms with Gasteiger partial charge in [0.1, 0.15) is 0 Å². The van der Waals surface area contributed by atoms with Crippen LogP contribution in [0.1, 0.15) is 5.56 Å². The average molecular weight is 248 g/mol. The van der Waals surface area contributed by atoms with Gasteiger partial charge in [-0.25, -0.2) is 0 Å². The maximum atomic E-state index is 12.1. The normalized spacial score (nSPS) is 24.5. The summed E-state index contributed by atoms with van der Waals surface area (Å²) in [7, 11) is 0. The predicted molar refractivity (Wildman–Crippen MR) is 69.4 cm³/mol. The molecule has 5 heteroatoms. The largest absolute Gasteiger partial charge is 0.323 e. The Labute approximate surface area is 105 Å². The van der Waals surface area contributed by atoms with Crippen LogP contribution in [0.3, 0.4) is 0 Å². The lowest BCUT2D eigenvalue weighted by atomic mass is 9.97. The Morgan fingerprint density at radius 1 is 1.47 bits per heavy atom. The van der Waals surface area contributed by atoms with Crippen LogP contribution in [0.5, 0.6) is 0 Å². The van der Waals surface area contributed by atoms with E-state index in [9.17, 15) is 4.79 Å². The fourth-order valence-electron chi connectivity index (χ4n) is 2.39. The van der Waals surface area contributed by atoms with Crippen LogP contribution in [0.15, 0.2) is 18.2 Å². The molecule has 1 amide bonds. The minimum absolute atomic E-state index is 0.0414. The molecule has 1 aromatic carbocycles. The fraction of sp³-hybridized carbons (Fsp3) is 0.417. The van der Waals surface area contributed by atoms with Crippen molar-refractivity contribution in [2.45, 2.75) is 12.5 Å². The molecule has 0 saturated carbocycles. The number of carbonyl (C=O) groups excluding carboxylic acids is 1. The van der Waals surface area contributed by atoms with Gasteiger partial charge in [-0.2, -0.15) is 0 Å². The highest BCUT2D eigenvalue weighted by molar-refractivity contribution is 7.99. The Morgan fingerprint density at radius 3 is 3.12 bits per heavy atom. The first-order chi connectivity index (χ1) is 8.25. The van der Waals surface area contributed by atoms with E-state index in [-0.39, 0.29) is 11.9 Å². The van der Waals surface area contributed by atoms with Gasteiger partial charge in [0.25, 0.3) is 0 Å². The smallest absolute Gasteiger partial charge is 0.242 e. The first kappa shape index (κ1) is 10.9. The van der Waals surface area contributed by atoms with Gasteiger partial charge in [-0.05, 0) is 18.1 Å². The Balaban J connectivity index is 1.89. The van der Waals surface area contributed by atoms with Crippen LogP contribution in [-0.4, -0.2) is 35.0 Å². The molecule has 0 bridgehead atoms. The van der Waals surface area contributed by atoms with Gasteiger partial charge in [-0.1, -0.05) is 12.1 Å². The van der Waals surface area contributed by atoms with Crippen molar-refractivity contribution in [3.05, 3.63) is 23.8 Å². The SMILES string of the molecule is [NH]c1cccc2c1NC(=O)C(N1CCSC1)C2. The van der Waals surface area contributed by atoms with Gasteiger partial charge in [-0.15, -0.1) is 11.8 Å². The topological polar surface area (TPSA) is 56.1 Å². The molecule has 3 rings (SSSR count). The van der Waals surface area contributed by atoms with Crippen molar-refractivity contribution in [2.75, 3.05) is 23.5 Å². The van der Waals surface area contributed by atoms with E-state index in [1.807, 2.05) is 23.9 Å².